The maximum Gasteiger partial charge on any atom is 0.327 e. The highest BCUT2D eigenvalue weighted by Crippen LogP contribution is 2.32. The van der Waals surface area contributed by atoms with Gasteiger partial charge in [-0.3, -0.25) is 19.9 Å². The van der Waals surface area contributed by atoms with Gasteiger partial charge < -0.3 is 10.1 Å². The molecule has 3 fully saturated rings. The number of fused-ring (bicyclic) bond motifs is 3. The van der Waals surface area contributed by atoms with Crippen molar-refractivity contribution in [1.29, 1.82) is 0 Å². The lowest BCUT2D eigenvalue weighted by Crippen LogP contribution is -2.62. The van der Waals surface area contributed by atoms with E-state index in [1.54, 1.807) is 0 Å². The second-order valence-corrected chi connectivity index (χ2v) is 5.63. The summed E-state index contributed by atoms with van der Waals surface area (Å²) in [4.78, 5) is 15.1. The molecular weight excluding hydrogens is 291 g/mol. The molecule has 3 aliphatic rings. The van der Waals surface area contributed by atoms with Crippen molar-refractivity contribution < 1.29 is 14.1 Å². The normalized spacial score (nSPS) is 26.7. The Morgan fingerprint density at radius 2 is 2.14 bits per heavy atom. The Balaban J connectivity index is 1.76. The number of nitro groups is 1. The zero-order valence-corrected chi connectivity index (χ0v) is 12.4. The molecule has 0 amide bonds. The number of piperazine rings is 3. The molecule has 0 aromatic heterocycles. The molecular formula is C14H19FN4O3. The monoisotopic (exact) mass is 310 g/mol. The molecule has 3 heterocycles. The van der Waals surface area contributed by atoms with Gasteiger partial charge in [-0.2, -0.15) is 4.39 Å². The molecule has 8 heteroatoms. The summed E-state index contributed by atoms with van der Waals surface area (Å²) in [5.41, 5.74) is -0.364. The highest BCUT2D eigenvalue weighted by molar-refractivity contribution is 5.65. The quantitative estimate of drug-likeness (QED) is 0.650. The summed E-state index contributed by atoms with van der Waals surface area (Å²) < 4.78 is 18.9. The van der Waals surface area contributed by atoms with E-state index in [1.165, 1.54) is 13.2 Å². The van der Waals surface area contributed by atoms with Crippen LogP contribution in [0.2, 0.25) is 0 Å². The number of ether oxygens (including phenoxy) is 1. The van der Waals surface area contributed by atoms with E-state index in [9.17, 15) is 14.5 Å². The zero-order valence-electron chi connectivity index (χ0n) is 12.4. The van der Waals surface area contributed by atoms with Crippen LogP contribution in [-0.4, -0.2) is 67.1 Å². The molecule has 1 unspecified atom stereocenters. The number of halogens is 1. The van der Waals surface area contributed by atoms with Crippen molar-refractivity contribution in [2.75, 3.05) is 51.7 Å². The Labute approximate surface area is 127 Å². The maximum atomic E-state index is 13.9. The lowest BCUT2D eigenvalue weighted by molar-refractivity contribution is -0.386. The third kappa shape index (κ3) is 2.84. The van der Waals surface area contributed by atoms with Gasteiger partial charge in [0.15, 0.2) is 0 Å². The molecule has 120 valence electrons. The standard InChI is InChI=1S/C14H19FN4O3/c1-22-11-6-12(15)14(19(20)21)13(7-11)16-8-10-9-17-2-4-18(10)5-3-17/h6-7,10,16H,2-5,8-9H2,1H3. The van der Waals surface area contributed by atoms with Crippen LogP contribution >= 0.6 is 0 Å². The molecule has 4 rings (SSSR count). The summed E-state index contributed by atoms with van der Waals surface area (Å²) in [5.74, 6) is -0.624. The van der Waals surface area contributed by atoms with Crippen LogP contribution in [0.5, 0.6) is 5.75 Å². The minimum absolute atomic E-state index is 0.166. The van der Waals surface area contributed by atoms with Gasteiger partial charge in [0.2, 0.25) is 5.82 Å². The van der Waals surface area contributed by atoms with Crippen molar-refractivity contribution in [2.24, 2.45) is 0 Å². The number of benzene rings is 1. The van der Waals surface area contributed by atoms with Gasteiger partial charge in [-0.05, 0) is 0 Å². The fourth-order valence-corrected chi connectivity index (χ4v) is 3.16. The van der Waals surface area contributed by atoms with E-state index in [2.05, 4.69) is 15.1 Å². The Morgan fingerprint density at radius 1 is 1.41 bits per heavy atom. The van der Waals surface area contributed by atoms with Crippen molar-refractivity contribution in [1.82, 2.24) is 9.80 Å². The number of methoxy groups -OCH3 is 1. The summed E-state index contributed by atoms with van der Waals surface area (Å²) >= 11 is 0. The molecule has 22 heavy (non-hydrogen) atoms. The van der Waals surface area contributed by atoms with Gasteiger partial charge in [0.1, 0.15) is 11.4 Å². The number of rotatable bonds is 5. The summed E-state index contributed by atoms with van der Waals surface area (Å²) in [6.45, 7) is 5.66. The Morgan fingerprint density at radius 3 is 2.68 bits per heavy atom. The number of hydrogen-bond acceptors (Lipinski definition) is 6. The molecule has 1 aromatic carbocycles. The average molecular weight is 310 g/mol. The average Bonchev–Trinajstić information content (AvgIpc) is 2.53. The van der Waals surface area contributed by atoms with Crippen molar-refractivity contribution in [2.45, 2.75) is 6.04 Å². The summed E-state index contributed by atoms with van der Waals surface area (Å²) in [5, 5.41) is 14.1. The van der Waals surface area contributed by atoms with E-state index < -0.39 is 16.4 Å². The van der Waals surface area contributed by atoms with E-state index in [0.29, 0.717) is 6.54 Å². The van der Waals surface area contributed by atoms with Crippen LogP contribution in [0.1, 0.15) is 0 Å². The van der Waals surface area contributed by atoms with Gasteiger partial charge in [0, 0.05) is 57.4 Å². The van der Waals surface area contributed by atoms with Crippen LogP contribution in [0.25, 0.3) is 0 Å². The Hall–Kier alpha value is -1.93. The number of nitrogens with one attached hydrogen (secondary N) is 1. The predicted octanol–water partition coefficient (Wildman–Crippen LogP) is 1.15. The smallest absolute Gasteiger partial charge is 0.327 e. The van der Waals surface area contributed by atoms with E-state index in [-0.39, 0.29) is 17.5 Å². The molecule has 2 bridgehead atoms. The predicted molar refractivity (Wildman–Crippen MR) is 79.9 cm³/mol. The highest BCUT2D eigenvalue weighted by atomic mass is 19.1. The molecule has 1 N–H and O–H groups in total. The molecule has 3 saturated heterocycles. The van der Waals surface area contributed by atoms with Crippen molar-refractivity contribution >= 4 is 11.4 Å². The van der Waals surface area contributed by atoms with E-state index >= 15 is 0 Å². The number of nitro benzene ring substituents is 1. The van der Waals surface area contributed by atoms with Gasteiger partial charge in [-0.25, -0.2) is 0 Å². The molecule has 7 nitrogen and oxygen atoms in total. The van der Waals surface area contributed by atoms with Crippen LogP contribution < -0.4 is 10.1 Å². The highest BCUT2D eigenvalue weighted by Gasteiger charge is 2.32. The molecule has 0 spiro atoms. The minimum Gasteiger partial charge on any atom is -0.497 e. The first-order valence-corrected chi connectivity index (χ1v) is 7.30. The topological polar surface area (TPSA) is 70.9 Å². The largest absolute Gasteiger partial charge is 0.497 e. The third-order valence-electron chi connectivity index (χ3n) is 4.38. The van der Waals surface area contributed by atoms with Gasteiger partial charge in [0.05, 0.1) is 12.0 Å². The van der Waals surface area contributed by atoms with Gasteiger partial charge in [-0.15, -0.1) is 0 Å². The number of nitrogens with zero attached hydrogens (tertiary/aromatic N) is 3. The second-order valence-electron chi connectivity index (χ2n) is 5.63. The molecule has 0 saturated carbocycles. The van der Waals surface area contributed by atoms with Crippen molar-refractivity contribution in [3.63, 3.8) is 0 Å². The second kappa shape index (κ2) is 6.05. The van der Waals surface area contributed by atoms with Crippen LogP contribution in [0.15, 0.2) is 12.1 Å². The molecule has 3 aliphatic heterocycles. The van der Waals surface area contributed by atoms with Gasteiger partial charge in [0.25, 0.3) is 0 Å². The number of anilines is 1. The zero-order chi connectivity index (χ0) is 15.7. The van der Waals surface area contributed by atoms with E-state index in [1.807, 2.05) is 0 Å². The summed E-state index contributed by atoms with van der Waals surface area (Å²) in [6, 6.07) is 2.79. The van der Waals surface area contributed by atoms with Gasteiger partial charge >= 0.3 is 5.69 Å². The van der Waals surface area contributed by atoms with E-state index in [4.69, 9.17) is 4.74 Å². The lowest BCUT2D eigenvalue weighted by atomic mass is 10.1. The fraction of sp³-hybridized carbons (Fsp3) is 0.571. The number of hydrogen-bond donors (Lipinski definition) is 1. The fourth-order valence-electron chi connectivity index (χ4n) is 3.16. The first-order valence-electron chi connectivity index (χ1n) is 7.30. The van der Waals surface area contributed by atoms with Crippen LogP contribution in [0.3, 0.4) is 0 Å². The molecule has 0 aliphatic carbocycles. The lowest BCUT2D eigenvalue weighted by Gasteiger charge is -2.47. The minimum atomic E-state index is -0.888. The SMILES string of the molecule is COc1cc(F)c([N+](=O)[O-])c(NCC2CN3CCN2CC3)c1. The van der Waals surface area contributed by atoms with Crippen LogP contribution in [0, 0.1) is 15.9 Å². The first kappa shape index (κ1) is 15.0. The van der Waals surface area contributed by atoms with Crippen molar-refractivity contribution in [3.05, 3.63) is 28.1 Å². The molecule has 0 radical (unpaired) electrons. The summed E-state index contributed by atoms with van der Waals surface area (Å²) in [6.07, 6.45) is 0. The first-order chi connectivity index (χ1) is 10.6. The maximum absolute atomic E-state index is 13.9. The molecule has 1 atom stereocenters. The van der Waals surface area contributed by atoms with Gasteiger partial charge in [-0.1, -0.05) is 0 Å². The Bertz CT molecular complexity index is 575. The van der Waals surface area contributed by atoms with Crippen molar-refractivity contribution in [3.8, 4) is 5.75 Å². The molecule has 1 aromatic rings. The Kier molecular flexibility index (Phi) is 4.12. The third-order valence-corrected chi connectivity index (χ3v) is 4.38. The van der Waals surface area contributed by atoms with E-state index in [0.717, 1.165) is 38.8 Å². The van der Waals surface area contributed by atoms with Crippen LogP contribution in [-0.2, 0) is 0 Å². The summed E-state index contributed by atoms with van der Waals surface area (Å²) in [7, 11) is 1.41. The van der Waals surface area contributed by atoms with Crippen LogP contribution in [0.4, 0.5) is 15.8 Å².